The van der Waals surface area contributed by atoms with Crippen molar-refractivity contribution in [3.8, 4) is 0 Å². The Hall–Kier alpha value is 0. The van der Waals surface area contributed by atoms with Crippen LogP contribution in [0.4, 0.5) is 0 Å². The van der Waals surface area contributed by atoms with Gasteiger partial charge in [-0.1, -0.05) is 19.8 Å². The fourth-order valence-corrected chi connectivity index (χ4v) is 2.35. The Morgan fingerprint density at radius 1 is 1.00 bits per heavy atom. The van der Waals surface area contributed by atoms with Gasteiger partial charge in [0.25, 0.3) is 0 Å². The first-order valence-electron chi connectivity index (χ1n) is 3.89. The van der Waals surface area contributed by atoms with Crippen LogP contribution in [0.5, 0.6) is 0 Å². The summed E-state index contributed by atoms with van der Waals surface area (Å²) in [5, 5.41) is 0. The number of hydrogen-bond acceptors (Lipinski definition) is 0. The van der Waals surface area contributed by atoms with Gasteiger partial charge in [0.15, 0.2) is 0 Å². The van der Waals surface area contributed by atoms with E-state index in [9.17, 15) is 0 Å². The highest BCUT2D eigenvalue weighted by molar-refractivity contribution is 4.95. The zero-order chi connectivity index (χ0) is 5.56. The van der Waals surface area contributed by atoms with Crippen molar-refractivity contribution in [1.29, 1.82) is 0 Å². The lowest BCUT2D eigenvalue weighted by molar-refractivity contribution is 0.480. The van der Waals surface area contributed by atoms with E-state index < -0.39 is 0 Å². The molecule has 0 aromatic carbocycles. The summed E-state index contributed by atoms with van der Waals surface area (Å²) in [6.07, 6.45) is 6.13. The van der Waals surface area contributed by atoms with Crippen molar-refractivity contribution >= 4 is 0 Å². The molecule has 2 fully saturated rings. The molecule has 0 N–H and O–H groups in total. The van der Waals surface area contributed by atoms with E-state index in [0.717, 1.165) is 5.92 Å². The Morgan fingerprint density at radius 3 is 1.88 bits per heavy atom. The van der Waals surface area contributed by atoms with Gasteiger partial charge in [-0.05, 0) is 30.6 Å². The highest BCUT2D eigenvalue weighted by Crippen LogP contribution is 2.54. The molecule has 0 bridgehead atoms. The van der Waals surface area contributed by atoms with E-state index >= 15 is 0 Å². The third kappa shape index (κ3) is 0.519. The molecule has 0 heteroatoms. The summed E-state index contributed by atoms with van der Waals surface area (Å²) in [6.45, 7) is 2.42. The molecule has 0 unspecified atom stereocenters. The minimum atomic E-state index is 1.11. The number of hydrogen-bond donors (Lipinski definition) is 0. The number of rotatable bonds is 0. The maximum absolute atomic E-state index is 2.42. The minimum Gasteiger partial charge on any atom is -0.0620 e. The summed E-state index contributed by atoms with van der Waals surface area (Å²) in [4.78, 5) is 0. The predicted octanol–water partition coefficient (Wildman–Crippen LogP) is 2.44. The Labute approximate surface area is 51.3 Å². The molecule has 0 saturated heterocycles. The zero-order valence-corrected chi connectivity index (χ0v) is 5.56. The third-order valence-electron chi connectivity index (χ3n) is 3.08. The van der Waals surface area contributed by atoms with Crippen molar-refractivity contribution < 1.29 is 0 Å². The standard InChI is InChI=1S/C8H14/c1-6-7-4-2-3-5-8(6)7/h6-8H,2-5H2,1H3/t7-,8-/m1/s1. The molecular formula is C8H14. The molecule has 2 aliphatic rings. The first kappa shape index (κ1) is 4.84. The molecule has 2 rings (SSSR count). The molecule has 0 aromatic rings. The maximum atomic E-state index is 2.42. The summed E-state index contributed by atoms with van der Waals surface area (Å²) in [7, 11) is 0. The monoisotopic (exact) mass is 110 g/mol. The minimum absolute atomic E-state index is 1.11. The van der Waals surface area contributed by atoms with Crippen molar-refractivity contribution in [2.45, 2.75) is 32.6 Å². The summed E-state index contributed by atoms with van der Waals surface area (Å²) in [5.41, 5.74) is 0. The molecule has 2 atom stereocenters. The van der Waals surface area contributed by atoms with Crippen molar-refractivity contribution in [2.75, 3.05) is 0 Å². The molecule has 0 heterocycles. The Morgan fingerprint density at radius 2 is 1.50 bits per heavy atom. The second-order valence-corrected chi connectivity index (χ2v) is 3.47. The maximum Gasteiger partial charge on any atom is -0.0355 e. The molecule has 0 amide bonds. The molecular weight excluding hydrogens is 96.1 g/mol. The van der Waals surface area contributed by atoms with Crippen LogP contribution >= 0.6 is 0 Å². The van der Waals surface area contributed by atoms with Crippen molar-refractivity contribution in [2.24, 2.45) is 17.8 Å². The molecule has 2 saturated carbocycles. The summed E-state index contributed by atoms with van der Waals surface area (Å²) in [6, 6.07) is 0. The zero-order valence-electron chi connectivity index (χ0n) is 5.56. The fraction of sp³-hybridized carbons (Fsp3) is 1.00. The fourth-order valence-electron chi connectivity index (χ4n) is 2.35. The van der Waals surface area contributed by atoms with Gasteiger partial charge in [-0.2, -0.15) is 0 Å². The van der Waals surface area contributed by atoms with E-state index in [4.69, 9.17) is 0 Å². The highest BCUT2D eigenvalue weighted by Gasteiger charge is 2.46. The Balaban J connectivity index is 1.97. The van der Waals surface area contributed by atoms with Gasteiger partial charge in [0, 0.05) is 0 Å². The largest absolute Gasteiger partial charge is 0.0620 e. The third-order valence-corrected chi connectivity index (χ3v) is 3.08. The van der Waals surface area contributed by atoms with E-state index in [-0.39, 0.29) is 0 Å². The van der Waals surface area contributed by atoms with Gasteiger partial charge >= 0.3 is 0 Å². The molecule has 46 valence electrons. The van der Waals surface area contributed by atoms with E-state index in [2.05, 4.69) is 6.92 Å². The normalized spacial score (nSPS) is 52.9. The first-order chi connectivity index (χ1) is 3.89. The van der Waals surface area contributed by atoms with E-state index in [0.29, 0.717) is 0 Å². The smallest absolute Gasteiger partial charge is 0.0355 e. The van der Waals surface area contributed by atoms with Gasteiger partial charge in [-0.25, -0.2) is 0 Å². The lowest BCUT2D eigenvalue weighted by Gasteiger charge is -2.05. The quantitative estimate of drug-likeness (QED) is 0.449. The van der Waals surface area contributed by atoms with Gasteiger partial charge in [-0.15, -0.1) is 0 Å². The molecule has 2 aliphatic carbocycles. The van der Waals surface area contributed by atoms with Gasteiger partial charge in [0.1, 0.15) is 0 Å². The predicted molar refractivity (Wildman–Crippen MR) is 34.6 cm³/mol. The lowest BCUT2D eigenvalue weighted by Crippen LogP contribution is -1.91. The van der Waals surface area contributed by atoms with Gasteiger partial charge in [0.2, 0.25) is 0 Å². The summed E-state index contributed by atoms with van der Waals surface area (Å²) < 4.78 is 0. The lowest BCUT2D eigenvalue weighted by atomic mass is 10.0. The van der Waals surface area contributed by atoms with Crippen LogP contribution in [0.25, 0.3) is 0 Å². The van der Waals surface area contributed by atoms with Crippen LogP contribution < -0.4 is 0 Å². The Bertz CT molecular complexity index is 84.2. The average molecular weight is 110 g/mol. The van der Waals surface area contributed by atoms with Crippen LogP contribution in [0, 0.1) is 17.8 Å². The Kier molecular flexibility index (Phi) is 0.902. The topological polar surface area (TPSA) is 0 Å². The van der Waals surface area contributed by atoms with Crippen LogP contribution in [0.3, 0.4) is 0 Å². The molecule has 0 aromatic heterocycles. The van der Waals surface area contributed by atoms with E-state index in [1.807, 2.05) is 0 Å². The van der Waals surface area contributed by atoms with Crippen LogP contribution in [0.1, 0.15) is 32.6 Å². The van der Waals surface area contributed by atoms with Crippen LogP contribution in [0.15, 0.2) is 0 Å². The van der Waals surface area contributed by atoms with Gasteiger partial charge < -0.3 is 0 Å². The van der Waals surface area contributed by atoms with Gasteiger partial charge in [0.05, 0.1) is 0 Å². The summed E-state index contributed by atoms with van der Waals surface area (Å²) in [5.74, 6) is 3.45. The molecule has 8 heavy (non-hydrogen) atoms. The second-order valence-electron chi connectivity index (χ2n) is 3.47. The second kappa shape index (κ2) is 1.49. The summed E-state index contributed by atoms with van der Waals surface area (Å²) >= 11 is 0. The molecule has 0 spiro atoms. The van der Waals surface area contributed by atoms with Gasteiger partial charge in [-0.3, -0.25) is 0 Å². The van der Waals surface area contributed by atoms with Crippen LogP contribution in [0.2, 0.25) is 0 Å². The van der Waals surface area contributed by atoms with Crippen molar-refractivity contribution in [3.05, 3.63) is 0 Å². The molecule has 0 nitrogen and oxygen atoms in total. The average Bonchev–Trinajstić information content (AvgIpc) is 2.46. The van der Waals surface area contributed by atoms with Crippen LogP contribution in [-0.2, 0) is 0 Å². The van der Waals surface area contributed by atoms with E-state index in [1.165, 1.54) is 24.7 Å². The molecule has 0 aliphatic heterocycles. The van der Waals surface area contributed by atoms with Crippen molar-refractivity contribution in [1.82, 2.24) is 0 Å². The highest BCUT2D eigenvalue weighted by atomic mass is 14.5. The van der Waals surface area contributed by atoms with Crippen molar-refractivity contribution in [3.63, 3.8) is 0 Å². The SMILES string of the molecule is CC1[C@H]2CCCC[C@H]12. The number of fused-ring (bicyclic) bond motifs is 1. The first-order valence-corrected chi connectivity index (χ1v) is 3.89. The molecule has 0 radical (unpaired) electrons. The van der Waals surface area contributed by atoms with E-state index in [1.54, 1.807) is 12.8 Å². The van der Waals surface area contributed by atoms with Crippen LogP contribution in [-0.4, -0.2) is 0 Å².